The van der Waals surface area contributed by atoms with Gasteiger partial charge < -0.3 is 10.1 Å². The lowest BCUT2D eigenvalue weighted by Crippen LogP contribution is -2.12. The zero-order chi connectivity index (χ0) is 26.9. The van der Waals surface area contributed by atoms with E-state index in [-0.39, 0.29) is 10.8 Å². The summed E-state index contributed by atoms with van der Waals surface area (Å²) in [4.78, 5) is 0. The van der Waals surface area contributed by atoms with E-state index in [2.05, 4.69) is 137 Å². The van der Waals surface area contributed by atoms with Gasteiger partial charge in [0.15, 0.2) is 0 Å². The van der Waals surface area contributed by atoms with Crippen molar-refractivity contribution in [2.24, 2.45) is 5.14 Å². The molecule has 0 atom stereocenters. The molecule has 0 saturated carbocycles. The van der Waals surface area contributed by atoms with Gasteiger partial charge in [0, 0.05) is 5.70 Å². The molecule has 0 heterocycles. The number of nitrogens with one attached hydrogen (secondary N) is 1. The van der Waals surface area contributed by atoms with Crippen molar-refractivity contribution in [2.75, 3.05) is 12.4 Å². The van der Waals surface area contributed by atoms with Gasteiger partial charge in [-0.15, -0.1) is 12.8 Å². The number of thiol groups is 1. The van der Waals surface area contributed by atoms with E-state index in [0.717, 1.165) is 23.6 Å². The minimum absolute atomic E-state index is 0.135. The fourth-order valence-electron chi connectivity index (χ4n) is 3.61. The highest BCUT2D eigenvalue weighted by molar-refractivity contribution is 7.77. The van der Waals surface area contributed by atoms with Gasteiger partial charge in [0.2, 0.25) is 0 Å². The number of aryl methyl sites for hydroxylation is 3. The molecule has 0 aliphatic heterocycles. The van der Waals surface area contributed by atoms with E-state index < -0.39 is 0 Å². The van der Waals surface area contributed by atoms with Crippen LogP contribution in [0.25, 0.3) is 0 Å². The van der Waals surface area contributed by atoms with Crippen molar-refractivity contribution in [2.45, 2.75) is 100 Å². The molecular weight excluding hydrogens is 436 g/mol. The molecule has 0 aliphatic carbocycles. The Hall–Kier alpha value is -1.91. The van der Waals surface area contributed by atoms with Crippen LogP contribution in [0.4, 0.5) is 5.69 Å². The molecule has 0 aliphatic rings. The highest BCUT2D eigenvalue weighted by Gasteiger charge is 2.18. The van der Waals surface area contributed by atoms with E-state index in [1.807, 2.05) is 0 Å². The predicted octanol–water partition coefficient (Wildman–Crippen LogP) is 8.73. The van der Waals surface area contributed by atoms with Gasteiger partial charge in [-0.1, -0.05) is 72.7 Å². The summed E-state index contributed by atoms with van der Waals surface area (Å²) in [5.41, 5.74) is 10.8. The van der Waals surface area contributed by atoms with Crippen LogP contribution >= 0.6 is 12.8 Å². The third-order valence-corrected chi connectivity index (χ3v) is 5.98. The van der Waals surface area contributed by atoms with Gasteiger partial charge in [-0.3, -0.25) is 5.14 Å². The topological polar surface area (TPSA) is 47.3 Å². The van der Waals surface area contributed by atoms with Gasteiger partial charge in [0.05, 0.1) is 12.8 Å². The summed E-state index contributed by atoms with van der Waals surface area (Å²) in [6, 6.07) is 9.02. The Morgan fingerprint density at radius 3 is 1.65 bits per heavy atom. The van der Waals surface area contributed by atoms with E-state index >= 15 is 0 Å². The molecular formula is C30H50N2OS. The van der Waals surface area contributed by atoms with Crippen LogP contribution in [0, 0.1) is 27.7 Å². The molecule has 3 nitrogen and oxygen atoms in total. The highest BCUT2D eigenvalue weighted by atomic mass is 32.1. The first-order chi connectivity index (χ1) is 15.6. The van der Waals surface area contributed by atoms with Gasteiger partial charge >= 0.3 is 0 Å². The van der Waals surface area contributed by atoms with Crippen LogP contribution in [0.1, 0.15) is 95.2 Å². The summed E-state index contributed by atoms with van der Waals surface area (Å²) in [5.74, 6) is 0.928. The van der Waals surface area contributed by atoms with Crippen LogP contribution in [0.3, 0.4) is 0 Å². The van der Waals surface area contributed by atoms with E-state index in [4.69, 9.17) is 4.74 Å². The van der Waals surface area contributed by atoms with Crippen molar-refractivity contribution in [3.05, 3.63) is 69.4 Å². The van der Waals surface area contributed by atoms with Crippen molar-refractivity contribution in [1.82, 2.24) is 0 Å². The molecule has 0 saturated heterocycles. The molecule has 2 aromatic rings. The molecule has 4 heteroatoms. The lowest BCUT2D eigenvalue weighted by atomic mass is 9.84. The third kappa shape index (κ3) is 9.76. The fraction of sp³-hybridized carbons (Fsp3) is 0.533. The number of hydrogen-bond acceptors (Lipinski definition) is 4. The summed E-state index contributed by atoms with van der Waals surface area (Å²) >= 11 is 3.03. The first-order valence-electron chi connectivity index (χ1n) is 12.1. The Labute approximate surface area is 216 Å². The second kappa shape index (κ2) is 13.8. The Kier molecular flexibility index (Phi) is 13.1. The molecule has 2 aromatic carbocycles. The zero-order valence-electron chi connectivity index (χ0n) is 24.0. The molecule has 0 amide bonds. The largest absolute Gasteiger partial charge is 0.494 e. The summed E-state index contributed by atoms with van der Waals surface area (Å²) < 4.78 is 5.53. The summed E-state index contributed by atoms with van der Waals surface area (Å²) in [6.07, 6.45) is 3.21. The lowest BCUT2D eigenvalue weighted by molar-refractivity contribution is 0.413. The minimum Gasteiger partial charge on any atom is -0.494 e. The van der Waals surface area contributed by atoms with Gasteiger partial charge in [-0.05, 0) is 91.3 Å². The molecule has 0 unspecified atom stereocenters. The van der Waals surface area contributed by atoms with Crippen LogP contribution in [-0.4, -0.2) is 7.11 Å². The van der Waals surface area contributed by atoms with E-state index in [1.165, 1.54) is 33.4 Å². The Morgan fingerprint density at radius 1 is 0.853 bits per heavy atom. The lowest BCUT2D eigenvalue weighted by Gasteiger charge is -2.23. The number of methoxy groups -OCH3 is 1. The van der Waals surface area contributed by atoms with Crippen molar-refractivity contribution >= 4 is 18.5 Å². The Bertz CT molecular complexity index is 924. The molecule has 0 fully saturated rings. The van der Waals surface area contributed by atoms with Gasteiger partial charge in [0.1, 0.15) is 5.75 Å². The number of ether oxygens (including phenoxy) is 1. The maximum atomic E-state index is 5.53. The van der Waals surface area contributed by atoms with Crippen molar-refractivity contribution < 1.29 is 4.74 Å². The number of nitrogens with two attached hydrogens (primary N) is 1. The molecule has 0 spiro atoms. The molecule has 2 rings (SSSR count). The smallest absolute Gasteiger partial charge is 0.145 e. The van der Waals surface area contributed by atoms with Gasteiger partial charge in [-0.2, -0.15) is 0 Å². The van der Waals surface area contributed by atoms with Gasteiger partial charge in [-0.25, -0.2) is 0 Å². The maximum absolute atomic E-state index is 5.53. The van der Waals surface area contributed by atoms with E-state index in [0.29, 0.717) is 0 Å². The van der Waals surface area contributed by atoms with Crippen LogP contribution < -0.4 is 15.2 Å². The average molecular weight is 487 g/mol. The normalized spacial score (nSPS) is 11.7. The summed E-state index contributed by atoms with van der Waals surface area (Å²) in [5, 5.41) is 7.65. The van der Waals surface area contributed by atoms with Crippen molar-refractivity contribution in [1.29, 1.82) is 0 Å². The maximum Gasteiger partial charge on any atom is 0.145 e. The second-order valence-electron chi connectivity index (χ2n) is 11.0. The summed E-state index contributed by atoms with van der Waals surface area (Å²) in [7, 11) is 1.73. The number of benzene rings is 2. The summed E-state index contributed by atoms with van der Waals surface area (Å²) in [6.45, 7) is 26.4. The minimum atomic E-state index is 0.135. The highest BCUT2D eigenvalue weighted by Crippen LogP contribution is 2.35. The Balaban J connectivity index is 0.000000633. The molecule has 192 valence electrons. The van der Waals surface area contributed by atoms with Crippen LogP contribution in [0.15, 0.2) is 36.0 Å². The van der Waals surface area contributed by atoms with E-state index in [9.17, 15) is 0 Å². The first-order valence-corrected chi connectivity index (χ1v) is 12.6. The monoisotopic (exact) mass is 486 g/mol. The molecule has 34 heavy (non-hydrogen) atoms. The van der Waals surface area contributed by atoms with Crippen LogP contribution in [0.5, 0.6) is 5.75 Å². The average Bonchev–Trinajstić information content (AvgIpc) is 2.72. The van der Waals surface area contributed by atoms with Crippen LogP contribution in [0.2, 0.25) is 0 Å². The predicted molar refractivity (Wildman–Crippen MR) is 157 cm³/mol. The molecule has 0 aromatic heterocycles. The SMILES string of the molecule is CCC=C(C)Nc1cc(C(C)(C)C)cc(C)c1OC.Cc1cc(C(C)(C)C)cc(C)c1C.NS. The van der Waals surface area contributed by atoms with Crippen LogP contribution in [-0.2, 0) is 10.8 Å². The number of rotatable bonds is 4. The molecule has 0 bridgehead atoms. The first kappa shape index (κ1) is 32.1. The van der Waals surface area contributed by atoms with Crippen molar-refractivity contribution in [3.8, 4) is 5.75 Å². The second-order valence-corrected chi connectivity index (χ2v) is 11.0. The quantitative estimate of drug-likeness (QED) is 0.379. The molecule has 3 N–H and O–H groups in total. The third-order valence-electron chi connectivity index (χ3n) is 5.98. The number of anilines is 1. The number of allylic oxidation sites excluding steroid dienone is 2. The van der Waals surface area contributed by atoms with E-state index in [1.54, 1.807) is 7.11 Å². The molecule has 0 radical (unpaired) electrons. The van der Waals surface area contributed by atoms with Gasteiger partial charge in [0.25, 0.3) is 0 Å². The fourth-order valence-corrected chi connectivity index (χ4v) is 3.61. The zero-order valence-corrected chi connectivity index (χ0v) is 24.9. The number of hydrogen-bond donors (Lipinski definition) is 3. The Morgan fingerprint density at radius 2 is 1.26 bits per heavy atom. The standard InChI is InChI=1S/C17H27NO.C13H20.H3NS/c1-8-9-13(3)18-15-11-14(17(4,5)6)10-12(2)16(15)19-7;1-9-7-12(13(4,5)6)8-10(2)11(9)3;1-2/h9-11,18H,8H2,1-7H3;7-8H,1-6H3;2H,1H2. The van der Waals surface area contributed by atoms with Crippen molar-refractivity contribution in [3.63, 3.8) is 0 Å².